The Balaban J connectivity index is 1.68. The molecule has 0 radical (unpaired) electrons. The Kier molecular flexibility index (Phi) is 6.49. The number of nitrogens with one attached hydrogen (secondary N) is 1. The second-order valence-electron chi connectivity index (χ2n) is 6.03. The van der Waals surface area contributed by atoms with Crippen molar-refractivity contribution in [2.75, 3.05) is 12.9 Å². The molecule has 1 N–H and O–H groups in total. The Morgan fingerprint density at radius 2 is 2.00 bits per heavy atom. The molecule has 0 aliphatic carbocycles. The van der Waals surface area contributed by atoms with Crippen molar-refractivity contribution < 1.29 is 9.53 Å². The fraction of sp³-hybridized carbons (Fsp3) is 0.190. The van der Waals surface area contributed by atoms with Crippen molar-refractivity contribution in [1.29, 1.82) is 0 Å². The molecule has 0 saturated heterocycles. The summed E-state index contributed by atoms with van der Waals surface area (Å²) in [5.41, 5.74) is 1.46. The Morgan fingerprint density at radius 3 is 2.71 bits per heavy atom. The highest BCUT2D eigenvalue weighted by molar-refractivity contribution is 7.99. The Hall–Kier alpha value is -3.06. The molecule has 2 aromatic carbocycles. The molecule has 0 unspecified atom stereocenters. The largest absolute Gasteiger partial charge is 0.497 e. The number of aromatic nitrogens is 2. The number of allylic oxidation sites excluding steroid dienone is 1. The van der Waals surface area contributed by atoms with Gasteiger partial charge in [-0.05, 0) is 29.8 Å². The molecule has 3 aromatic rings. The van der Waals surface area contributed by atoms with E-state index >= 15 is 0 Å². The fourth-order valence-corrected chi connectivity index (χ4v) is 3.51. The van der Waals surface area contributed by atoms with E-state index in [4.69, 9.17) is 4.74 Å². The molecule has 1 amide bonds. The van der Waals surface area contributed by atoms with Crippen molar-refractivity contribution in [3.8, 4) is 5.75 Å². The zero-order chi connectivity index (χ0) is 19.9. The number of rotatable bonds is 8. The Morgan fingerprint density at radius 1 is 1.25 bits per heavy atom. The van der Waals surface area contributed by atoms with Gasteiger partial charge in [-0.15, -0.1) is 6.58 Å². The summed E-state index contributed by atoms with van der Waals surface area (Å²) >= 11 is 1.24. The first kappa shape index (κ1) is 19.7. The number of carbonyl (C=O) groups is 1. The first-order valence-electron chi connectivity index (χ1n) is 8.75. The Bertz CT molecular complexity index is 1040. The van der Waals surface area contributed by atoms with E-state index in [1.165, 1.54) is 16.3 Å². The van der Waals surface area contributed by atoms with Gasteiger partial charge in [-0.2, -0.15) is 0 Å². The Labute approximate surface area is 167 Å². The number of methoxy groups -OCH3 is 1. The summed E-state index contributed by atoms with van der Waals surface area (Å²) in [5, 5.41) is 3.93. The van der Waals surface area contributed by atoms with Crippen LogP contribution in [0, 0.1) is 0 Å². The predicted molar refractivity (Wildman–Crippen MR) is 112 cm³/mol. The van der Waals surface area contributed by atoms with Crippen molar-refractivity contribution in [3.63, 3.8) is 0 Å². The molecule has 0 atom stereocenters. The summed E-state index contributed by atoms with van der Waals surface area (Å²) in [7, 11) is 1.61. The standard InChI is InChI=1S/C21H21N3O3S/c1-3-12-24-20(26)17-6-4-5-7-18(17)23-21(24)28-14-19(25)22-13-15-8-10-16(27-2)11-9-15/h3-11H,1,12-14H2,2H3,(H,22,25). The topological polar surface area (TPSA) is 73.2 Å². The summed E-state index contributed by atoms with van der Waals surface area (Å²) in [4.78, 5) is 29.5. The van der Waals surface area contributed by atoms with Gasteiger partial charge in [0, 0.05) is 13.1 Å². The molecule has 6 nitrogen and oxygen atoms in total. The number of hydrogen-bond acceptors (Lipinski definition) is 5. The fourth-order valence-electron chi connectivity index (χ4n) is 2.67. The number of ether oxygens (including phenoxy) is 1. The molecule has 0 spiro atoms. The molecule has 0 aliphatic heterocycles. The monoisotopic (exact) mass is 395 g/mol. The van der Waals surface area contributed by atoms with Crippen molar-refractivity contribution in [2.24, 2.45) is 0 Å². The average molecular weight is 395 g/mol. The number of hydrogen-bond donors (Lipinski definition) is 1. The number of amides is 1. The number of nitrogens with zero attached hydrogens (tertiary/aromatic N) is 2. The molecular formula is C21H21N3O3S. The number of fused-ring (bicyclic) bond motifs is 1. The van der Waals surface area contributed by atoms with E-state index in [1.54, 1.807) is 25.3 Å². The van der Waals surface area contributed by atoms with Gasteiger partial charge in [-0.25, -0.2) is 4.98 Å². The summed E-state index contributed by atoms with van der Waals surface area (Å²) in [6.45, 7) is 4.47. The quantitative estimate of drug-likeness (QED) is 0.361. The summed E-state index contributed by atoms with van der Waals surface area (Å²) in [5.74, 6) is 0.805. The van der Waals surface area contributed by atoms with Crippen LogP contribution in [-0.2, 0) is 17.9 Å². The maximum atomic E-state index is 12.7. The lowest BCUT2D eigenvalue weighted by molar-refractivity contribution is -0.118. The number of carbonyl (C=O) groups excluding carboxylic acids is 1. The maximum Gasteiger partial charge on any atom is 0.262 e. The van der Waals surface area contributed by atoms with Gasteiger partial charge in [0.1, 0.15) is 5.75 Å². The molecule has 0 fully saturated rings. The number of benzene rings is 2. The third-order valence-corrected chi connectivity index (χ3v) is 5.10. The highest BCUT2D eigenvalue weighted by Crippen LogP contribution is 2.18. The van der Waals surface area contributed by atoms with E-state index in [0.717, 1.165) is 11.3 Å². The van der Waals surface area contributed by atoms with Gasteiger partial charge in [-0.3, -0.25) is 14.2 Å². The van der Waals surface area contributed by atoms with Crippen LogP contribution in [0.3, 0.4) is 0 Å². The molecule has 7 heteroatoms. The second-order valence-corrected chi connectivity index (χ2v) is 6.97. The minimum absolute atomic E-state index is 0.131. The molecule has 144 valence electrons. The molecule has 0 aliphatic rings. The van der Waals surface area contributed by atoms with Gasteiger partial charge in [0.2, 0.25) is 5.91 Å². The number of thioether (sulfide) groups is 1. The number of para-hydroxylation sites is 1. The average Bonchev–Trinajstić information content (AvgIpc) is 2.73. The summed E-state index contributed by atoms with van der Waals surface area (Å²) in [6, 6.07) is 14.7. The zero-order valence-electron chi connectivity index (χ0n) is 15.6. The van der Waals surface area contributed by atoms with Gasteiger partial charge in [0.05, 0.1) is 23.8 Å². The first-order valence-corrected chi connectivity index (χ1v) is 9.74. The van der Waals surface area contributed by atoms with E-state index in [1.807, 2.05) is 36.4 Å². The van der Waals surface area contributed by atoms with Gasteiger partial charge in [0.15, 0.2) is 5.16 Å². The van der Waals surface area contributed by atoms with E-state index < -0.39 is 0 Å². The van der Waals surface area contributed by atoms with E-state index in [9.17, 15) is 9.59 Å². The first-order chi connectivity index (χ1) is 13.6. The van der Waals surface area contributed by atoms with Gasteiger partial charge in [0.25, 0.3) is 5.56 Å². The van der Waals surface area contributed by atoms with Crippen molar-refractivity contribution in [1.82, 2.24) is 14.9 Å². The normalized spacial score (nSPS) is 10.6. The van der Waals surface area contributed by atoms with Crippen LogP contribution < -0.4 is 15.6 Å². The van der Waals surface area contributed by atoms with Crippen molar-refractivity contribution >= 4 is 28.6 Å². The highest BCUT2D eigenvalue weighted by Gasteiger charge is 2.12. The lowest BCUT2D eigenvalue weighted by atomic mass is 10.2. The predicted octanol–water partition coefficient (Wildman–Crippen LogP) is 3.00. The van der Waals surface area contributed by atoms with E-state index in [0.29, 0.717) is 29.1 Å². The third kappa shape index (κ3) is 4.61. The van der Waals surface area contributed by atoms with E-state index in [-0.39, 0.29) is 17.2 Å². The van der Waals surface area contributed by atoms with Gasteiger partial charge >= 0.3 is 0 Å². The van der Waals surface area contributed by atoms with Crippen LogP contribution in [-0.4, -0.2) is 28.3 Å². The van der Waals surface area contributed by atoms with Crippen molar-refractivity contribution in [2.45, 2.75) is 18.2 Å². The second kappa shape index (κ2) is 9.23. The minimum Gasteiger partial charge on any atom is -0.497 e. The van der Waals surface area contributed by atoms with Crippen LogP contribution in [0.25, 0.3) is 10.9 Å². The van der Waals surface area contributed by atoms with Crippen LogP contribution in [0.2, 0.25) is 0 Å². The van der Waals surface area contributed by atoms with Gasteiger partial charge < -0.3 is 10.1 Å². The molecule has 0 saturated carbocycles. The SMILES string of the molecule is C=CCn1c(SCC(=O)NCc2ccc(OC)cc2)nc2ccccc2c1=O. The molecule has 3 rings (SSSR count). The minimum atomic E-state index is -0.133. The van der Waals surface area contributed by atoms with E-state index in [2.05, 4.69) is 16.9 Å². The lowest BCUT2D eigenvalue weighted by Gasteiger charge is -2.11. The maximum absolute atomic E-state index is 12.7. The summed E-state index contributed by atoms with van der Waals surface area (Å²) in [6.07, 6.45) is 1.64. The molecular weight excluding hydrogens is 374 g/mol. The molecule has 28 heavy (non-hydrogen) atoms. The van der Waals surface area contributed by atoms with Crippen LogP contribution in [0.1, 0.15) is 5.56 Å². The lowest BCUT2D eigenvalue weighted by Crippen LogP contribution is -2.26. The molecule has 1 heterocycles. The van der Waals surface area contributed by atoms with Crippen LogP contribution in [0.4, 0.5) is 0 Å². The van der Waals surface area contributed by atoms with Crippen LogP contribution in [0.5, 0.6) is 5.75 Å². The summed E-state index contributed by atoms with van der Waals surface area (Å²) < 4.78 is 6.66. The highest BCUT2D eigenvalue weighted by atomic mass is 32.2. The smallest absolute Gasteiger partial charge is 0.262 e. The van der Waals surface area contributed by atoms with Crippen LogP contribution >= 0.6 is 11.8 Å². The van der Waals surface area contributed by atoms with Gasteiger partial charge in [-0.1, -0.05) is 42.1 Å². The zero-order valence-corrected chi connectivity index (χ0v) is 16.4. The molecule has 1 aromatic heterocycles. The third-order valence-electron chi connectivity index (χ3n) is 4.12. The van der Waals surface area contributed by atoms with Crippen molar-refractivity contribution in [3.05, 3.63) is 77.1 Å². The van der Waals surface area contributed by atoms with Crippen LogP contribution in [0.15, 0.2) is 71.1 Å². The molecule has 0 bridgehead atoms.